The molecule has 1 saturated carbocycles. The van der Waals surface area contributed by atoms with Crippen molar-refractivity contribution in [3.8, 4) is 0 Å². The maximum absolute atomic E-state index is 11.9. The molecule has 114 valence electrons. The van der Waals surface area contributed by atoms with E-state index in [1.165, 1.54) is 12.8 Å². The Labute approximate surface area is 134 Å². The zero-order valence-corrected chi connectivity index (χ0v) is 13.1. The number of hydrogen-bond donors (Lipinski definition) is 2. The van der Waals surface area contributed by atoms with Crippen LogP contribution >= 0.6 is 23.2 Å². The fourth-order valence-corrected chi connectivity index (χ4v) is 3.11. The summed E-state index contributed by atoms with van der Waals surface area (Å²) in [6, 6.07) is 5.16. The summed E-state index contributed by atoms with van der Waals surface area (Å²) in [5.74, 6) is 0.715. The summed E-state index contributed by atoms with van der Waals surface area (Å²) < 4.78 is 5.71. The van der Waals surface area contributed by atoms with E-state index in [4.69, 9.17) is 27.9 Å². The second-order valence-electron chi connectivity index (χ2n) is 5.70. The summed E-state index contributed by atoms with van der Waals surface area (Å²) in [7, 11) is 0. The molecule has 0 radical (unpaired) electrons. The van der Waals surface area contributed by atoms with E-state index in [9.17, 15) is 4.79 Å². The molecule has 2 amide bonds. The SMILES string of the molecule is O=C(NCc1ccc(Cl)cc1Cl)NC1COC(C2CC2)C1. The molecule has 1 heterocycles. The third kappa shape index (κ3) is 4.02. The number of carbonyl (C=O) groups is 1. The third-order valence-corrected chi connectivity index (χ3v) is 4.55. The lowest BCUT2D eigenvalue weighted by atomic mass is 10.1. The predicted octanol–water partition coefficient (Wildman–Crippen LogP) is 3.36. The molecule has 1 aromatic carbocycles. The molecule has 1 aliphatic heterocycles. The molecule has 1 aromatic rings. The Morgan fingerprint density at radius 2 is 2.14 bits per heavy atom. The van der Waals surface area contributed by atoms with Crippen LogP contribution in [-0.2, 0) is 11.3 Å². The van der Waals surface area contributed by atoms with E-state index >= 15 is 0 Å². The molecule has 2 fully saturated rings. The minimum absolute atomic E-state index is 0.108. The van der Waals surface area contributed by atoms with Gasteiger partial charge in [0.2, 0.25) is 0 Å². The van der Waals surface area contributed by atoms with Gasteiger partial charge < -0.3 is 15.4 Å². The Kier molecular flexibility index (Phi) is 4.57. The van der Waals surface area contributed by atoms with Gasteiger partial charge in [-0.3, -0.25) is 0 Å². The van der Waals surface area contributed by atoms with Crippen molar-refractivity contribution in [3.05, 3.63) is 33.8 Å². The van der Waals surface area contributed by atoms with Gasteiger partial charge in [-0.15, -0.1) is 0 Å². The number of hydrogen-bond acceptors (Lipinski definition) is 2. The normalized spacial score (nSPS) is 24.9. The highest BCUT2D eigenvalue weighted by atomic mass is 35.5. The van der Waals surface area contributed by atoms with Crippen LogP contribution in [-0.4, -0.2) is 24.8 Å². The van der Waals surface area contributed by atoms with Gasteiger partial charge in [-0.05, 0) is 42.9 Å². The number of benzene rings is 1. The zero-order valence-electron chi connectivity index (χ0n) is 11.6. The summed E-state index contributed by atoms with van der Waals surface area (Å²) in [6.07, 6.45) is 3.78. The first kappa shape index (κ1) is 14.9. The highest BCUT2D eigenvalue weighted by molar-refractivity contribution is 6.35. The van der Waals surface area contributed by atoms with Gasteiger partial charge >= 0.3 is 6.03 Å². The third-order valence-electron chi connectivity index (χ3n) is 3.97. The van der Waals surface area contributed by atoms with Crippen LogP contribution in [0.25, 0.3) is 0 Å². The van der Waals surface area contributed by atoms with Crippen molar-refractivity contribution in [2.45, 2.75) is 38.0 Å². The molecule has 2 aliphatic rings. The van der Waals surface area contributed by atoms with E-state index in [1.807, 2.05) is 6.07 Å². The van der Waals surface area contributed by atoms with E-state index in [-0.39, 0.29) is 12.1 Å². The Hall–Kier alpha value is -0.970. The van der Waals surface area contributed by atoms with Crippen LogP contribution in [0.3, 0.4) is 0 Å². The van der Waals surface area contributed by atoms with Crippen molar-refractivity contribution in [2.75, 3.05) is 6.61 Å². The van der Waals surface area contributed by atoms with E-state index in [2.05, 4.69) is 10.6 Å². The van der Waals surface area contributed by atoms with E-state index in [1.54, 1.807) is 12.1 Å². The maximum atomic E-state index is 11.9. The van der Waals surface area contributed by atoms with Crippen LogP contribution in [0.5, 0.6) is 0 Å². The number of amides is 2. The van der Waals surface area contributed by atoms with Crippen molar-refractivity contribution in [2.24, 2.45) is 5.92 Å². The van der Waals surface area contributed by atoms with Crippen molar-refractivity contribution >= 4 is 29.2 Å². The van der Waals surface area contributed by atoms with Crippen molar-refractivity contribution in [1.82, 2.24) is 10.6 Å². The minimum atomic E-state index is -0.189. The molecular weight excluding hydrogens is 311 g/mol. The number of ether oxygens (including phenoxy) is 1. The van der Waals surface area contributed by atoms with E-state index < -0.39 is 0 Å². The molecule has 2 N–H and O–H groups in total. The van der Waals surface area contributed by atoms with E-state index in [0.29, 0.717) is 35.2 Å². The van der Waals surface area contributed by atoms with Crippen LogP contribution in [0.2, 0.25) is 10.0 Å². The Morgan fingerprint density at radius 3 is 2.86 bits per heavy atom. The van der Waals surface area contributed by atoms with Gasteiger partial charge in [-0.1, -0.05) is 29.3 Å². The minimum Gasteiger partial charge on any atom is -0.376 e. The van der Waals surface area contributed by atoms with Crippen LogP contribution in [0, 0.1) is 5.92 Å². The summed E-state index contributed by atoms with van der Waals surface area (Å²) in [5.41, 5.74) is 0.842. The highest BCUT2D eigenvalue weighted by Gasteiger charge is 2.38. The molecule has 1 saturated heterocycles. The van der Waals surface area contributed by atoms with Crippen LogP contribution in [0.1, 0.15) is 24.8 Å². The van der Waals surface area contributed by atoms with Gasteiger partial charge in [0, 0.05) is 16.6 Å². The lowest BCUT2D eigenvalue weighted by molar-refractivity contribution is 0.0922. The number of carbonyl (C=O) groups excluding carboxylic acids is 1. The summed E-state index contributed by atoms with van der Waals surface area (Å²) >= 11 is 11.9. The Balaban J connectivity index is 1.44. The monoisotopic (exact) mass is 328 g/mol. The van der Waals surface area contributed by atoms with Gasteiger partial charge in [0.25, 0.3) is 0 Å². The highest BCUT2D eigenvalue weighted by Crippen LogP contribution is 2.38. The average Bonchev–Trinajstić information content (AvgIpc) is 3.19. The van der Waals surface area contributed by atoms with Gasteiger partial charge in [0.05, 0.1) is 18.8 Å². The first-order chi connectivity index (χ1) is 10.1. The summed E-state index contributed by atoms with van der Waals surface area (Å²) in [5, 5.41) is 6.90. The topological polar surface area (TPSA) is 50.4 Å². The summed E-state index contributed by atoms with van der Waals surface area (Å²) in [4.78, 5) is 11.9. The first-order valence-corrected chi connectivity index (χ1v) is 7.97. The second kappa shape index (κ2) is 6.42. The van der Waals surface area contributed by atoms with Gasteiger partial charge in [-0.25, -0.2) is 4.79 Å². The molecule has 2 atom stereocenters. The molecule has 0 aromatic heterocycles. The van der Waals surface area contributed by atoms with Crippen LogP contribution in [0.4, 0.5) is 4.79 Å². The Bertz CT molecular complexity index is 534. The van der Waals surface area contributed by atoms with Crippen molar-refractivity contribution < 1.29 is 9.53 Å². The number of rotatable bonds is 4. The predicted molar refractivity (Wildman–Crippen MR) is 82.7 cm³/mol. The smallest absolute Gasteiger partial charge is 0.315 e. The molecule has 0 spiro atoms. The van der Waals surface area contributed by atoms with Crippen LogP contribution in [0.15, 0.2) is 18.2 Å². The second-order valence-corrected chi connectivity index (χ2v) is 6.55. The van der Waals surface area contributed by atoms with Crippen LogP contribution < -0.4 is 10.6 Å². The molecular formula is C15H18Cl2N2O2. The lowest BCUT2D eigenvalue weighted by Gasteiger charge is -2.13. The van der Waals surface area contributed by atoms with E-state index in [0.717, 1.165) is 12.0 Å². The fraction of sp³-hybridized carbons (Fsp3) is 0.533. The quantitative estimate of drug-likeness (QED) is 0.890. The molecule has 21 heavy (non-hydrogen) atoms. The molecule has 4 nitrogen and oxygen atoms in total. The molecule has 0 bridgehead atoms. The van der Waals surface area contributed by atoms with Gasteiger partial charge in [-0.2, -0.15) is 0 Å². The average molecular weight is 329 g/mol. The molecule has 6 heteroatoms. The fourth-order valence-electron chi connectivity index (χ4n) is 2.63. The summed E-state index contributed by atoms with van der Waals surface area (Å²) in [6.45, 7) is 0.984. The van der Waals surface area contributed by atoms with Gasteiger partial charge in [0.15, 0.2) is 0 Å². The Morgan fingerprint density at radius 1 is 1.33 bits per heavy atom. The first-order valence-electron chi connectivity index (χ1n) is 7.21. The van der Waals surface area contributed by atoms with Gasteiger partial charge in [0.1, 0.15) is 0 Å². The number of urea groups is 1. The number of halogens is 2. The standard InChI is InChI=1S/C15H18Cl2N2O2/c16-11-4-3-10(13(17)5-11)7-18-15(20)19-12-6-14(21-8-12)9-1-2-9/h3-5,9,12,14H,1-2,6-8H2,(H2,18,19,20). The van der Waals surface area contributed by atoms with Crippen molar-refractivity contribution in [1.29, 1.82) is 0 Å². The maximum Gasteiger partial charge on any atom is 0.315 e. The molecule has 2 unspecified atom stereocenters. The molecule has 3 rings (SSSR count). The largest absolute Gasteiger partial charge is 0.376 e. The zero-order chi connectivity index (χ0) is 14.8. The van der Waals surface area contributed by atoms with Crippen molar-refractivity contribution in [3.63, 3.8) is 0 Å². The lowest BCUT2D eigenvalue weighted by Crippen LogP contribution is -2.42. The number of nitrogens with one attached hydrogen (secondary N) is 2. The molecule has 1 aliphatic carbocycles.